The third-order valence-corrected chi connectivity index (χ3v) is 5.43. The molecular weight excluding hydrogens is 380 g/mol. The summed E-state index contributed by atoms with van der Waals surface area (Å²) in [6, 6.07) is 10.3. The number of guanidine groups is 1. The zero-order valence-electron chi connectivity index (χ0n) is 17.9. The highest BCUT2D eigenvalue weighted by Crippen LogP contribution is 2.23. The van der Waals surface area contributed by atoms with Gasteiger partial charge in [-0.05, 0) is 30.5 Å². The van der Waals surface area contributed by atoms with Gasteiger partial charge in [-0.15, -0.1) is 11.3 Å². The highest BCUT2D eigenvalue weighted by atomic mass is 32.1. The first-order valence-corrected chi connectivity index (χ1v) is 10.9. The number of hydrogen-bond acceptors (Lipinski definition) is 5. The number of aromatic nitrogens is 2. The van der Waals surface area contributed by atoms with Crippen molar-refractivity contribution in [2.75, 3.05) is 25.5 Å². The van der Waals surface area contributed by atoms with Crippen LogP contribution in [0.4, 0.5) is 5.82 Å². The van der Waals surface area contributed by atoms with Crippen molar-refractivity contribution in [1.82, 2.24) is 20.6 Å². The number of aliphatic imine (C=N–C) groups is 1. The van der Waals surface area contributed by atoms with E-state index in [0.717, 1.165) is 45.5 Å². The molecule has 7 heteroatoms. The Bertz CT molecular complexity index is 976. The van der Waals surface area contributed by atoms with Crippen molar-refractivity contribution < 1.29 is 0 Å². The van der Waals surface area contributed by atoms with Crippen molar-refractivity contribution in [3.05, 3.63) is 52.0 Å². The number of para-hydroxylation sites is 1. The highest BCUT2D eigenvalue weighted by molar-refractivity contribution is 7.09. The number of anilines is 1. The molecule has 0 aliphatic rings. The second-order valence-corrected chi connectivity index (χ2v) is 8.36. The molecule has 0 atom stereocenters. The smallest absolute Gasteiger partial charge is 0.191 e. The molecular formula is C22H30N6S. The molecule has 0 bridgehead atoms. The van der Waals surface area contributed by atoms with E-state index >= 15 is 0 Å². The summed E-state index contributed by atoms with van der Waals surface area (Å²) in [4.78, 5) is 16.3. The third kappa shape index (κ3) is 5.44. The van der Waals surface area contributed by atoms with E-state index in [-0.39, 0.29) is 0 Å². The zero-order chi connectivity index (χ0) is 20.8. The number of nitrogens with one attached hydrogen (secondary N) is 2. The Morgan fingerprint density at radius 3 is 2.66 bits per heavy atom. The van der Waals surface area contributed by atoms with Crippen molar-refractivity contribution >= 4 is 34.0 Å². The minimum Gasteiger partial charge on any atom is -0.363 e. The van der Waals surface area contributed by atoms with E-state index in [4.69, 9.17) is 15.0 Å². The van der Waals surface area contributed by atoms with Gasteiger partial charge in [-0.3, -0.25) is 0 Å². The van der Waals surface area contributed by atoms with Gasteiger partial charge in [0.25, 0.3) is 0 Å². The minimum atomic E-state index is 0.452. The zero-order valence-corrected chi connectivity index (χ0v) is 18.7. The summed E-state index contributed by atoms with van der Waals surface area (Å²) in [5.74, 6) is 2.18. The van der Waals surface area contributed by atoms with Crippen LogP contribution in [0.1, 0.15) is 43.0 Å². The fraction of sp³-hybridized carbons (Fsp3) is 0.409. The molecule has 0 unspecified atom stereocenters. The summed E-state index contributed by atoms with van der Waals surface area (Å²) in [5, 5.41) is 11.1. The Labute approximate surface area is 177 Å². The molecule has 0 fully saturated rings. The third-order valence-electron chi connectivity index (χ3n) is 4.57. The molecule has 3 rings (SSSR count). The summed E-state index contributed by atoms with van der Waals surface area (Å²) >= 11 is 1.69. The molecule has 154 valence electrons. The first-order chi connectivity index (χ1) is 14.0. The predicted octanol–water partition coefficient (Wildman–Crippen LogP) is 4.14. The largest absolute Gasteiger partial charge is 0.363 e. The molecule has 0 radical (unpaired) electrons. The van der Waals surface area contributed by atoms with Crippen molar-refractivity contribution in [2.45, 2.75) is 39.8 Å². The summed E-state index contributed by atoms with van der Waals surface area (Å²) in [7, 11) is 4.02. The molecule has 0 amide bonds. The molecule has 3 aromatic rings. The van der Waals surface area contributed by atoms with Crippen LogP contribution in [0.3, 0.4) is 0 Å². The lowest BCUT2D eigenvalue weighted by Gasteiger charge is -2.15. The van der Waals surface area contributed by atoms with Crippen molar-refractivity contribution in [2.24, 2.45) is 4.99 Å². The van der Waals surface area contributed by atoms with Gasteiger partial charge in [0.05, 0.1) is 24.3 Å². The van der Waals surface area contributed by atoms with Crippen molar-refractivity contribution in [3.8, 4) is 0 Å². The normalized spacial score (nSPS) is 11.9. The summed E-state index contributed by atoms with van der Waals surface area (Å²) in [6.45, 7) is 8.46. The molecule has 0 spiro atoms. The standard InChI is InChI=1S/C22H30N6S/c1-6-23-22(25-13-21-27-19(14-29-21)15(2)3)24-12-16-11-20(28(4)5)26-18-10-8-7-9-17(16)18/h7-11,14-15H,6,12-13H2,1-5H3,(H2,23,24,25). The van der Waals surface area contributed by atoms with Gasteiger partial charge in [-0.1, -0.05) is 32.0 Å². The second kappa shape index (κ2) is 9.69. The number of benzene rings is 1. The average Bonchev–Trinajstić information content (AvgIpc) is 3.19. The first-order valence-electron chi connectivity index (χ1n) is 10.0. The molecule has 0 aliphatic carbocycles. The molecule has 0 saturated carbocycles. The van der Waals surface area contributed by atoms with Crippen LogP contribution in [0, 0.1) is 0 Å². The maximum absolute atomic E-state index is 4.82. The molecule has 0 aliphatic heterocycles. The lowest BCUT2D eigenvalue weighted by atomic mass is 10.1. The molecule has 2 N–H and O–H groups in total. The maximum Gasteiger partial charge on any atom is 0.191 e. The number of pyridine rings is 1. The second-order valence-electron chi connectivity index (χ2n) is 7.42. The fourth-order valence-electron chi connectivity index (χ4n) is 2.93. The number of thiazole rings is 1. The molecule has 2 heterocycles. The monoisotopic (exact) mass is 410 g/mol. The predicted molar refractivity (Wildman–Crippen MR) is 124 cm³/mol. The van der Waals surface area contributed by atoms with Gasteiger partial charge in [0.15, 0.2) is 5.96 Å². The van der Waals surface area contributed by atoms with E-state index in [1.165, 1.54) is 0 Å². The van der Waals surface area contributed by atoms with Crippen LogP contribution in [0.5, 0.6) is 0 Å². The molecule has 0 saturated heterocycles. The summed E-state index contributed by atoms with van der Waals surface area (Å²) in [6.07, 6.45) is 0. The van der Waals surface area contributed by atoms with Crippen LogP contribution in [0.15, 0.2) is 40.7 Å². The average molecular weight is 411 g/mol. The topological polar surface area (TPSA) is 65.4 Å². The number of nitrogens with zero attached hydrogens (tertiary/aromatic N) is 4. The lowest BCUT2D eigenvalue weighted by Crippen LogP contribution is -2.36. The summed E-state index contributed by atoms with van der Waals surface area (Å²) in [5.41, 5.74) is 3.30. The summed E-state index contributed by atoms with van der Waals surface area (Å²) < 4.78 is 0. The van der Waals surface area contributed by atoms with E-state index in [1.807, 2.05) is 37.2 Å². The maximum atomic E-state index is 4.82. The van der Waals surface area contributed by atoms with E-state index in [9.17, 15) is 0 Å². The van der Waals surface area contributed by atoms with Gasteiger partial charge in [0.1, 0.15) is 10.8 Å². The Morgan fingerprint density at radius 2 is 1.97 bits per heavy atom. The van der Waals surface area contributed by atoms with E-state index < -0.39 is 0 Å². The van der Waals surface area contributed by atoms with Gasteiger partial charge in [0, 0.05) is 31.4 Å². The van der Waals surface area contributed by atoms with Crippen LogP contribution in [0.2, 0.25) is 0 Å². The molecule has 29 heavy (non-hydrogen) atoms. The van der Waals surface area contributed by atoms with Crippen LogP contribution < -0.4 is 15.5 Å². The SMILES string of the molecule is CCNC(=NCc1cc(N(C)C)nc2ccccc12)NCc1nc(C(C)C)cs1. The van der Waals surface area contributed by atoms with Gasteiger partial charge in [-0.2, -0.15) is 0 Å². The minimum absolute atomic E-state index is 0.452. The highest BCUT2D eigenvalue weighted by Gasteiger charge is 2.09. The van der Waals surface area contributed by atoms with Crippen LogP contribution in [0.25, 0.3) is 10.9 Å². The van der Waals surface area contributed by atoms with Gasteiger partial charge in [0.2, 0.25) is 0 Å². The lowest BCUT2D eigenvalue weighted by molar-refractivity contribution is 0.788. The quantitative estimate of drug-likeness (QED) is 0.453. The van der Waals surface area contributed by atoms with Gasteiger partial charge in [-0.25, -0.2) is 15.0 Å². The number of hydrogen-bond donors (Lipinski definition) is 2. The molecule has 1 aromatic carbocycles. The van der Waals surface area contributed by atoms with E-state index in [1.54, 1.807) is 11.3 Å². The van der Waals surface area contributed by atoms with Crippen molar-refractivity contribution in [1.29, 1.82) is 0 Å². The number of rotatable bonds is 7. The van der Waals surface area contributed by atoms with E-state index in [0.29, 0.717) is 19.0 Å². The van der Waals surface area contributed by atoms with E-state index in [2.05, 4.69) is 48.9 Å². The fourth-order valence-corrected chi connectivity index (χ4v) is 3.82. The van der Waals surface area contributed by atoms with Crippen molar-refractivity contribution in [3.63, 3.8) is 0 Å². The molecule has 6 nitrogen and oxygen atoms in total. The first kappa shape index (κ1) is 21.0. The molecule has 2 aromatic heterocycles. The Kier molecular flexibility index (Phi) is 7.04. The Morgan fingerprint density at radius 1 is 1.17 bits per heavy atom. The Hall–Kier alpha value is -2.67. The van der Waals surface area contributed by atoms with Crippen LogP contribution in [-0.4, -0.2) is 36.6 Å². The van der Waals surface area contributed by atoms with Crippen LogP contribution >= 0.6 is 11.3 Å². The number of fused-ring (bicyclic) bond motifs is 1. The van der Waals surface area contributed by atoms with Gasteiger partial charge < -0.3 is 15.5 Å². The Balaban J connectivity index is 1.79. The van der Waals surface area contributed by atoms with Gasteiger partial charge >= 0.3 is 0 Å². The van der Waals surface area contributed by atoms with Crippen LogP contribution in [-0.2, 0) is 13.1 Å².